The highest BCUT2D eigenvalue weighted by Crippen LogP contribution is 2.26. The standard InChI is InChI=1S/C22H21NO4S/c1-14-6-8-17(9-7-14)20-11-19(15(2)27-20)22(26)23-18-5-3-4-16(10-18)12-28-13-21(24)25/h3-11H,12-13H2,1-2H3,(H,23,26)(H,24,25). The van der Waals surface area contributed by atoms with Crippen molar-refractivity contribution >= 4 is 29.3 Å². The summed E-state index contributed by atoms with van der Waals surface area (Å²) in [6.07, 6.45) is 0. The molecular formula is C22H21NO4S. The number of hydrogen-bond acceptors (Lipinski definition) is 4. The number of benzene rings is 2. The van der Waals surface area contributed by atoms with E-state index in [1.54, 1.807) is 19.1 Å². The molecule has 0 radical (unpaired) electrons. The van der Waals surface area contributed by atoms with E-state index in [0.29, 0.717) is 28.5 Å². The summed E-state index contributed by atoms with van der Waals surface area (Å²) in [4.78, 5) is 23.3. The third-order valence-corrected chi connectivity index (χ3v) is 5.17. The summed E-state index contributed by atoms with van der Waals surface area (Å²) in [5.74, 6) is 0.747. The molecule has 6 heteroatoms. The predicted octanol–water partition coefficient (Wildman–Crippen LogP) is 5.13. The summed E-state index contributed by atoms with van der Waals surface area (Å²) >= 11 is 1.32. The van der Waals surface area contributed by atoms with Crippen LogP contribution in [0.3, 0.4) is 0 Å². The van der Waals surface area contributed by atoms with E-state index in [1.807, 2.05) is 49.4 Å². The summed E-state index contributed by atoms with van der Waals surface area (Å²) in [6, 6.07) is 17.1. The molecule has 2 aromatic carbocycles. The Balaban J connectivity index is 1.71. The van der Waals surface area contributed by atoms with Crippen molar-refractivity contribution in [1.29, 1.82) is 0 Å². The summed E-state index contributed by atoms with van der Waals surface area (Å²) in [7, 11) is 0. The van der Waals surface area contributed by atoms with Gasteiger partial charge >= 0.3 is 5.97 Å². The Morgan fingerprint density at radius 2 is 1.82 bits per heavy atom. The van der Waals surface area contributed by atoms with Crippen molar-refractivity contribution in [2.24, 2.45) is 0 Å². The Morgan fingerprint density at radius 1 is 1.07 bits per heavy atom. The van der Waals surface area contributed by atoms with Gasteiger partial charge in [0.1, 0.15) is 11.5 Å². The Bertz CT molecular complexity index is 992. The lowest BCUT2D eigenvalue weighted by atomic mass is 10.1. The van der Waals surface area contributed by atoms with Gasteiger partial charge in [0.15, 0.2) is 0 Å². The van der Waals surface area contributed by atoms with Gasteiger partial charge in [0, 0.05) is 17.0 Å². The van der Waals surface area contributed by atoms with E-state index in [1.165, 1.54) is 11.8 Å². The van der Waals surface area contributed by atoms with Gasteiger partial charge in [0.05, 0.1) is 11.3 Å². The highest BCUT2D eigenvalue weighted by Gasteiger charge is 2.16. The van der Waals surface area contributed by atoms with Crippen LogP contribution in [0.25, 0.3) is 11.3 Å². The number of aliphatic carboxylic acids is 1. The molecule has 3 rings (SSSR count). The monoisotopic (exact) mass is 395 g/mol. The van der Waals surface area contributed by atoms with Gasteiger partial charge in [-0.25, -0.2) is 0 Å². The largest absolute Gasteiger partial charge is 0.481 e. The smallest absolute Gasteiger partial charge is 0.313 e. The molecule has 0 bridgehead atoms. The first-order valence-corrected chi connectivity index (χ1v) is 9.95. The topological polar surface area (TPSA) is 79.5 Å². The van der Waals surface area contributed by atoms with E-state index in [-0.39, 0.29) is 11.7 Å². The number of carbonyl (C=O) groups excluding carboxylic acids is 1. The third-order valence-electron chi connectivity index (χ3n) is 4.18. The highest BCUT2D eigenvalue weighted by molar-refractivity contribution is 7.99. The molecule has 0 saturated carbocycles. The van der Waals surface area contributed by atoms with Crippen molar-refractivity contribution in [2.45, 2.75) is 19.6 Å². The van der Waals surface area contributed by atoms with Crippen LogP contribution in [0.1, 0.15) is 27.2 Å². The fraction of sp³-hybridized carbons (Fsp3) is 0.182. The molecule has 0 saturated heterocycles. The number of amides is 1. The van der Waals surface area contributed by atoms with Crippen molar-refractivity contribution in [3.8, 4) is 11.3 Å². The highest BCUT2D eigenvalue weighted by atomic mass is 32.2. The zero-order chi connectivity index (χ0) is 20.1. The second-order valence-corrected chi connectivity index (χ2v) is 7.47. The Hall–Kier alpha value is -2.99. The first-order chi connectivity index (χ1) is 13.4. The number of carboxylic acid groups (broad SMARTS) is 1. The second-order valence-electron chi connectivity index (χ2n) is 6.49. The maximum absolute atomic E-state index is 12.7. The minimum absolute atomic E-state index is 0.0482. The molecule has 0 aliphatic carbocycles. The van der Waals surface area contributed by atoms with Crippen LogP contribution in [0.5, 0.6) is 0 Å². The maximum atomic E-state index is 12.7. The second kappa shape index (κ2) is 8.80. The molecule has 1 heterocycles. The number of anilines is 1. The zero-order valence-electron chi connectivity index (χ0n) is 15.7. The number of aryl methyl sites for hydroxylation is 2. The summed E-state index contributed by atoms with van der Waals surface area (Å²) in [5, 5.41) is 11.6. The molecule has 0 fully saturated rings. The first kappa shape index (κ1) is 19.8. The van der Waals surface area contributed by atoms with Crippen molar-refractivity contribution in [1.82, 2.24) is 0 Å². The fourth-order valence-corrected chi connectivity index (χ4v) is 3.45. The van der Waals surface area contributed by atoms with Crippen LogP contribution in [-0.2, 0) is 10.5 Å². The van der Waals surface area contributed by atoms with Crippen LogP contribution >= 0.6 is 11.8 Å². The average molecular weight is 395 g/mol. The van der Waals surface area contributed by atoms with Gasteiger partial charge in [-0.1, -0.05) is 42.0 Å². The van der Waals surface area contributed by atoms with E-state index in [9.17, 15) is 9.59 Å². The number of carboxylic acids is 1. The van der Waals surface area contributed by atoms with Crippen molar-refractivity contribution in [3.05, 3.63) is 77.0 Å². The molecule has 2 N–H and O–H groups in total. The fourth-order valence-electron chi connectivity index (χ4n) is 2.76. The first-order valence-electron chi connectivity index (χ1n) is 8.79. The van der Waals surface area contributed by atoms with Crippen LogP contribution in [0.2, 0.25) is 0 Å². The quantitative estimate of drug-likeness (QED) is 0.579. The molecule has 0 spiro atoms. The zero-order valence-corrected chi connectivity index (χ0v) is 16.5. The molecule has 1 amide bonds. The minimum Gasteiger partial charge on any atom is -0.481 e. The Kier molecular flexibility index (Phi) is 6.21. The normalized spacial score (nSPS) is 10.6. The minimum atomic E-state index is -0.839. The van der Waals surface area contributed by atoms with Crippen molar-refractivity contribution in [2.75, 3.05) is 11.1 Å². The van der Waals surface area contributed by atoms with Crippen LogP contribution in [-0.4, -0.2) is 22.7 Å². The van der Waals surface area contributed by atoms with Crippen molar-refractivity contribution in [3.63, 3.8) is 0 Å². The van der Waals surface area contributed by atoms with E-state index in [0.717, 1.165) is 16.7 Å². The predicted molar refractivity (Wildman–Crippen MR) is 112 cm³/mol. The van der Waals surface area contributed by atoms with Gasteiger partial charge < -0.3 is 14.8 Å². The number of furan rings is 1. The van der Waals surface area contributed by atoms with E-state index >= 15 is 0 Å². The molecule has 5 nitrogen and oxygen atoms in total. The molecule has 28 heavy (non-hydrogen) atoms. The van der Waals surface area contributed by atoms with Gasteiger partial charge in [0.25, 0.3) is 5.91 Å². The van der Waals surface area contributed by atoms with Gasteiger partial charge in [-0.3, -0.25) is 9.59 Å². The molecule has 3 aromatic rings. The number of hydrogen-bond donors (Lipinski definition) is 2. The number of carbonyl (C=O) groups is 2. The van der Waals surface area contributed by atoms with E-state index in [4.69, 9.17) is 9.52 Å². The van der Waals surface area contributed by atoms with Crippen LogP contribution < -0.4 is 5.32 Å². The van der Waals surface area contributed by atoms with Crippen LogP contribution in [0, 0.1) is 13.8 Å². The average Bonchev–Trinajstić information content (AvgIpc) is 3.04. The van der Waals surface area contributed by atoms with Crippen LogP contribution in [0.4, 0.5) is 5.69 Å². The van der Waals surface area contributed by atoms with Gasteiger partial charge in [-0.05, 0) is 37.6 Å². The van der Waals surface area contributed by atoms with E-state index < -0.39 is 5.97 Å². The van der Waals surface area contributed by atoms with Crippen molar-refractivity contribution < 1.29 is 19.1 Å². The SMILES string of the molecule is Cc1ccc(-c2cc(C(=O)Nc3cccc(CSCC(=O)O)c3)c(C)o2)cc1. The summed E-state index contributed by atoms with van der Waals surface area (Å²) in [5.41, 5.74) is 4.18. The lowest BCUT2D eigenvalue weighted by molar-refractivity contribution is -0.133. The molecule has 144 valence electrons. The van der Waals surface area contributed by atoms with Gasteiger partial charge in [-0.2, -0.15) is 0 Å². The number of thioether (sulfide) groups is 1. The molecule has 0 unspecified atom stereocenters. The van der Waals surface area contributed by atoms with Gasteiger partial charge in [0.2, 0.25) is 0 Å². The molecule has 0 atom stereocenters. The molecule has 0 aliphatic heterocycles. The molecule has 0 aliphatic rings. The molecular weight excluding hydrogens is 374 g/mol. The molecule has 1 aromatic heterocycles. The van der Waals surface area contributed by atoms with Gasteiger partial charge in [-0.15, -0.1) is 11.8 Å². The Labute approximate surface area is 167 Å². The number of rotatable bonds is 7. The summed E-state index contributed by atoms with van der Waals surface area (Å²) < 4.78 is 5.78. The maximum Gasteiger partial charge on any atom is 0.313 e. The number of nitrogens with one attached hydrogen (secondary N) is 1. The lowest BCUT2D eigenvalue weighted by Gasteiger charge is -2.06. The third kappa shape index (κ3) is 5.04. The lowest BCUT2D eigenvalue weighted by Crippen LogP contribution is -2.12. The van der Waals surface area contributed by atoms with E-state index in [2.05, 4.69) is 5.32 Å². The summed E-state index contributed by atoms with van der Waals surface area (Å²) in [6.45, 7) is 3.79. The van der Waals surface area contributed by atoms with Crippen LogP contribution in [0.15, 0.2) is 59.0 Å². The Morgan fingerprint density at radius 3 is 2.54 bits per heavy atom.